The highest BCUT2D eigenvalue weighted by molar-refractivity contribution is 6.09. The number of aryl methyl sites for hydroxylation is 2. The number of fused-ring (bicyclic) bond motifs is 6. The van der Waals surface area contributed by atoms with Gasteiger partial charge in [-0.3, -0.25) is 19.9 Å². The zero-order valence-electron chi connectivity index (χ0n) is 22.1. The number of rotatable bonds is 3. The predicted octanol–water partition coefficient (Wildman–Crippen LogP) is 6.29. The minimum atomic E-state index is 0. The van der Waals surface area contributed by atoms with E-state index in [1.165, 1.54) is 22.3 Å². The Kier molecular flexibility index (Phi) is 5.68. The van der Waals surface area contributed by atoms with E-state index in [1.807, 2.05) is 49.6 Å². The number of pyridine rings is 4. The first-order chi connectivity index (χ1) is 19.7. The summed E-state index contributed by atoms with van der Waals surface area (Å²) in [4.78, 5) is 17.4. The first-order valence-electron chi connectivity index (χ1n) is 13.3. The molecule has 0 unspecified atom stereocenters. The third-order valence-corrected chi connectivity index (χ3v) is 7.96. The zero-order chi connectivity index (χ0) is 26.8. The zero-order valence-corrected chi connectivity index (χ0v) is 22.1. The molecule has 0 fully saturated rings. The van der Waals surface area contributed by atoms with Crippen LogP contribution in [-0.4, -0.2) is 37.5 Å². The van der Waals surface area contributed by atoms with E-state index in [0.29, 0.717) is 0 Å². The van der Waals surface area contributed by atoms with Crippen molar-refractivity contribution in [1.82, 2.24) is 29.1 Å². The second-order valence-electron chi connectivity index (χ2n) is 10.2. The summed E-state index contributed by atoms with van der Waals surface area (Å²) in [6, 6.07) is 21.7. The normalized spacial score (nSPS) is 11.5. The number of aromatic nitrogens is 6. The summed E-state index contributed by atoms with van der Waals surface area (Å²) in [6.07, 6.45) is 15.1. The molecule has 0 bridgehead atoms. The molecule has 2 aromatic carbocycles. The maximum Gasteiger partial charge on any atom is 0.0572 e. The fourth-order valence-electron chi connectivity index (χ4n) is 6.15. The lowest BCUT2D eigenvalue weighted by atomic mass is 9.95. The molecular weight excluding hydrogens is 503 g/mol. The molecule has 6 heterocycles. The lowest BCUT2D eigenvalue weighted by molar-refractivity contribution is 1.16. The summed E-state index contributed by atoms with van der Waals surface area (Å²) in [7, 11) is 0. The quantitative estimate of drug-likeness (QED) is 0.251. The monoisotopic (exact) mass is 531 g/mol. The molecule has 198 valence electrons. The van der Waals surface area contributed by atoms with Gasteiger partial charge in [0.2, 0.25) is 0 Å². The van der Waals surface area contributed by atoms with Crippen LogP contribution in [0.4, 0.5) is 0 Å². The van der Waals surface area contributed by atoms with Gasteiger partial charge in [0.1, 0.15) is 0 Å². The summed E-state index contributed by atoms with van der Waals surface area (Å²) in [5.41, 5.74) is 11.7. The summed E-state index contributed by atoms with van der Waals surface area (Å²) < 4.78 is 4.60. The van der Waals surface area contributed by atoms with Crippen molar-refractivity contribution >= 4 is 52.0 Å². The second kappa shape index (κ2) is 9.42. The number of hydrogen-bond donors (Lipinski definition) is 0. The molecule has 0 N–H and O–H groups in total. The molecular formula is C34H28BN6-. The highest BCUT2D eigenvalue weighted by atomic mass is 15.0. The Bertz CT molecular complexity index is 1990. The predicted molar refractivity (Wildman–Crippen MR) is 173 cm³/mol. The number of nitrogens with zero attached hydrogens (tertiary/aromatic N) is 6. The lowest BCUT2D eigenvalue weighted by Crippen LogP contribution is -1.98. The van der Waals surface area contributed by atoms with Crippen LogP contribution in [-0.2, 0) is 0 Å². The molecule has 6 nitrogen and oxygen atoms in total. The standard InChI is InChI=1S/C34H24N6.BH4/c1-21-15-23(39-31-7-11-35-17-27(31)28-18-36-12-8-32(28)39)3-5-25(21)26-6-4-24(16-22(26)2)40-33-9-13-37-19-29(33)30-20-38-14-10-34(30)40;/h3-20H,1-2H3;1H4/q;-1. The molecule has 0 aliphatic heterocycles. The van der Waals surface area contributed by atoms with Gasteiger partial charge in [-0.25, -0.2) is 0 Å². The van der Waals surface area contributed by atoms with Gasteiger partial charge in [-0.15, -0.1) is 0 Å². The SMILES string of the molecule is Cc1cc(-n2c3ccncc3c3cnccc32)ccc1-c1ccc(-n2c3ccncc3c3cnccc32)cc1C.[BH4-]. The minimum absolute atomic E-state index is 0. The molecule has 0 aliphatic carbocycles. The van der Waals surface area contributed by atoms with Gasteiger partial charge in [-0.1, -0.05) is 20.5 Å². The van der Waals surface area contributed by atoms with Crippen LogP contribution < -0.4 is 0 Å². The molecule has 0 atom stereocenters. The van der Waals surface area contributed by atoms with E-state index in [1.54, 1.807) is 0 Å². The molecule has 0 saturated carbocycles. The molecule has 0 spiro atoms. The summed E-state index contributed by atoms with van der Waals surface area (Å²) >= 11 is 0. The summed E-state index contributed by atoms with van der Waals surface area (Å²) in [6.45, 7) is 4.38. The lowest BCUT2D eigenvalue weighted by Gasteiger charge is -2.15. The maximum absolute atomic E-state index is 4.36. The number of hydrogen-bond acceptors (Lipinski definition) is 4. The maximum atomic E-state index is 4.36. The van der Waals surface area contributed by atoms with E-state index in [-0.39, 0.29) is 8.41 Å². The van der Waals surface area contributed by atoms with Gasteiger partial charge in [0.15, 0.2) is 0 Å². The van der Waals surface area contributed by atoms with E-state index in [9.17, 15) is 0 Å². The second-order valence-corrected chi connectivity index (χ2v) is 10.2. The van der Waals surface area contributed by atoms with Crippen LogP contribution in [0.25, 0.3) is 66.1 Å². The molecule has 7 heteroatoms. The van der Waals surface area contributed by atoms with E-state index < -0.39 is 0 Å². The fourth-order valence-corrected chi connectivity index (χ4v) is 6.15. The van der Waals surface area contributed by atoms with Crippen LogP contribution in [0.2, 0.25) is 0 Å². The van der Waals surface area contributed by atoms with Crippen molar-refractivity contribution in [3.63, 3.8) is 0 Å². The van der Waals surface area contributed by atoms with Crippen molar-refractivity contribution in [2.45, 2.75) is 13.8 Å². The van der Waals surface area contributed by atoms with Crippen LogP contribution in [0.5, 0.6) is 0 Å². The van der Waals surface area contributed by atoms with Crippen molar-refractivity contribution in [2.75, 3.05) is 0 Å². The third kappa shape index (κ3) is 3.66. The van der Waals surface area contributed by atoms with Gasteiger partial charge in [0, 0.05) is 82.5 Å². The highest BCUT2D eigenvalue weighted by Crippen LogP contribution is 2.36. The van der Waals surface area contributed by atoms with E-state index in [2.05, 4.69) is 104 Å². The van der Waals surface area contributed by atoms with Gasteiger partial charge >= 0.3 is 0 Å². The van der Waals surface area contributed by atoms with E-state index in [0.717, 1.165) is 55.0 Å². The Hall–Kier alpha value is -5.30. The first-order valence-corrected chi connectivity index (χ1v) is 13.3. The van der Waals surface area contributed by atoms with Crippen molar-refractivity contribution in [1.29, 1.82) is 0 Å². The number of benzene rings is 2. The largest absolute Gasteiger partial charge is 0.309 e. The average molecular weight is 531 g/mol. The molecule has 6 aromatic heterocycles. The molecule has 0 radical (unpaired) electrons. The topological polar surface area (TPSA) is 61.4 Å². The van der Waals surface area contributed by atoms with Crippen molar-refractivity contribution in [3.05, 3.63) is 121 Å². The Morgan fingerprint density at radius 1 is 0.439 bits per heavy atom. The van der Waals surface area contributed by atoms with Gasteiger partial charge in [-0.05, 0) is 84.6 Å². The van der Waals surface area contributed by atoms with Crippen LogP contribution >= 0.6 is 0 Å². The van der Waals surface area contributed by atoms with Gasteiger partial charge in [-0.2, -0.15) is 0 Å². The third-order valence-electron chi connectivity index (χ3n) is 7.96. The van der Waals surface area contributed by atoms with Crippen molar-refractivity contribution in [2.24, 2.45) is 0 Å². The van der Waals surface area contributed by atoms with Crippen molar-refractivity contribution in [3.8, 4) is 22.5 Å². The Labute approximate surface area is 238 Å². The molecule has 41 heavy (non-hydrogen) atoms. The van der Waals surface area contributed by atoms with Gasteiger partial charge in [0.05, 0.1) is 22.1 Å². The molecule has 0 amide bonds. The van der Waals surface area contributed by atoms with E-state index in [4.69, 9.17) is 0 Å². The van der Waals surface area contributed by atoms with Gasteiger partial charge in [0.25, 0.3) is 0 Å². The van der Waals surface area contributed by atoms with Crippen LogP contribution in [0.1, 0.15) is 11.1 Å². The van der Waals surface area contributed by atoms with Gasteiger partial charge < -0.3 is 9.13 Å². The molecule has 8 rings (SSSR count). The Morgan fingerprint density at radius 2 is 0.756 bits per heavy atom. The van der Waals surface area contributed by atoms with Crippen LogP contribution in [0, 0.1) is 13.8 Å². The van der Waals surface area contributed by atoms with Crippen molar-refractivity contribution < 1.29 is 0 Å². The molecule has 0 aliphatic rings. The Balaban J connectivity index is 0.00000276. The minimum Gasteiger partial charge on any atom is -0.309 e. The first kappa shape index (κ1) is 24.7. The smallest absolute Gasteiger partial charge is 0.0572 e. The van der Waals surface area contributed by atoms with E-state index >= 15 is 0 Å². The average Bonchev–Trinajstić information content (AvgIpc) is 3.51. The molecule has 0 saturated heterocycles. The Morgan fingerprint density at radius 3 is 1.05 bits per heavy atom. The van der Waals surface area contributed by atoms with Crippen LogP contribution in [0.15, 0.2) is 110 Å². The molecule has 8 aromatic rings. The summed E-state index contributed by atoms with van der Waals surface area (Å²) in [5, 5.41) is 4.43. The van der Waals surface area contributed by atoms with Crippen LogP contribution in [0.3, 0.4) is 0 Å². The highest BCUT2D eigenvalue weighted by Gasteiger charge is 2.16. The fraction of sp³-hybridized carbons (Fsp3) is 0.0588. The summed E-state index contributed by atoms with van der Waals surface area (Å²) in [5.74, 6) is 0.